The van der Waals surface area contributed by atoms with Gasteiger partial charge in [0.15, 0.2) is 5.78 Å². The Bertz CT molecular complexity index is 986. The number of carbonyl (C=O) groups excluding carboxylic acids is 4. The number of ether oxygens (including phenoxy) is 2. The third kappa shape index (κ3) is 4.96. The number of hydrogen-bond donors (Lipinski definition) is 2. The van der Waals surface area contributed by atoms with Gasteiger partial charge in [-0.3, -0.25) is 9.59 Å². The van der Waals surface area contributed by atoms with Crippen LogP contribution in [0.4, 0.5) is 5.00 Å². The molecule has 0 fully saturated rings. The SMILES string of the molecule is COC(=O)c1c(CC(C)C)csc1NC(=O)Cc1[nH]c(C(C)=O)c(C)c1C(=O)OC. The van der Waals surface area contributed by atoms with E-state index in [9.17, 15) is 19.2 Å². The maximum Gasteiger partial charge on any atom is 0.341 e. The highest BCUT2D eigenvalue weighted by Gasteiger charge is 2.26. The third-order valence-corrected chi connectivity index (χ3v) is 5.49. The zero-order valence-electron chi connectivity index (χ0n) is 17.9. The number of rotatable bonds is 8. The molecule has 1 amide bonds. The maximum absolute atomic E-state index is 12.7. The van der Waals surface area contributed by atoms with E-state index in [1.54, 1.807) is 6.92 Å². The predicted molar refractivity (Wildman–Crippen MR) is 113 cm³/mol. The first-order chi connectivity index (χ1) is 14.1. The summed E-state index contributed by atoms with van der Waals surface area (Å²) < 4.78 is 9.67. The maximum atomic E-state index is 12.7. The van der Waals surface area contributed by atoms with Crippen molar-refractivity contribution in [1.29, 1.82) is 0 Å². The Balaban J connectivity index is 2.34. The minimum atomic E-state index is -0.635. The van der Waals surface area contributed by atoms with Crippen molar-refractivity contribution in [3.63, 3.8) is 0 Å². The van der Waals surface area contributed by atoms with Gasteiger partial charge >= 0.3 is 11.9 Å². The summed E-state index contributed by atoms with van der Waals surface area (Å²) in [5, 5.41) is 4.95. The molecule has 30 heavy (non-hydrogen) atoms. The molecule has 0 saturated carbocycles. The molecule has 2 aromatic rings. The van der Waals surface area contributed by atoms with E-state index in [-0.39, 0.29) is 29.2 Å². The third-order valence-electron chi connectivity index (χ3n) is 4.54. The summed E-state index contributed by atoms with van der Waals surface area (Å²) in [6, 6.07) is 0. The van der Waals surface area contributed by atoms with Crippen molar-refractivity contribution in [2.45, 2.75) is 40.5 Å². The second kappa shape index (κ2) is 9.71. The lowest BCUT2D eigenvalue weighted by atomic mass is 10.0. The number of carbonyl (C=O) groups is 4. The number of ketones is 1. The first-order valence-corrected chi connectivity index (χ1v) is 10.3. The number of amides is 1. The number of methoxy groups -OCH3 is 2. The molecule has 0 unspecified atom stereocenters. The van der Waals surface area contributed by atoms with Crippen LogP contribution in [0.3, 0.4) is 0 Å². The van der Waals surface area contributed by atoms with Crippen molar-refractivity contribution < 1.29 is 28.7 Å². The van der Waals surface area contributed by atoms with Crippen LogP contribution in [-0.2, 0) is 27.1 Å². The van der Waals surface area contributed by atoms with Gasteiger partial charge in [0, 0.05) is 12.6 Å². The smallest absolute Gasteiger partial charge is 0.341 e. The molecule has 0 atom stereocenters. The molecule has 2 aromatic heterocycles. The molecule has 2 heterocycles. The summed E-state index contributed by atoms with van der Waals surface area (Å²) in [6.07, 6.45) is 0.470. The predicted octanol–water partition coefficient (Wildman–Crippen LogP) is 3.54. The summed E-state index contributed by atoms with van der Waals surface area (Å²) in [5.41, 5.74) is 2.27. The molecular formula is C21H26N2O6S. The van der Waals surface area contributed by atoms with E-state index in [0.717, 1.165) is 5.56 Å². The lowest BCUT2D eigenvalue weighted by Gasteiger charge is -2.09. The van der Waals surface area contributed by atoms with E-state index in [1.165, 1.54) is 32.5 Å². The van der Waals surface area contributed by atoms with E-state index in [1.807, 2.05) is 19.2 Å². The van der Waals surface area contributed by atoms with Crippen molar-refractivity contribution in [2.24, 2.45) is 5.92 Å². The second-order valence-corrected chi connectivity index (χ2v) is 8.19. The van der Waals surface area contributed by atoms with Gasteiger partial charge in [-0.05, 0) is 35.8 Å². The van der Waals surface area contributed by atoms with Gasteiger partial charge in [-0.25, -0.2) is 9.59 Å². The van der Waals surface area contributed by atoms with Crippen LogP contribution in [0.2, 0.25) is 0 Å². The summed E-state index contributed by atoms with van der Waals surface area (Å²) in [6.45, 7) is 7.05. The Kier molecular flexibility index (Phi) is 7.55. The van der Waals surface area contributed by atoms with E-state index < -0.39 is 17.8 Å². The molecular weight excluding hydrogens is 408 g/mol. The quantitative estimate of drug-likeness (QED) is 0.485. The van der Waals surface area contributed by atoms with Crippen LogP contribution in [0.15, 0.2) is 5.38 Å². The van der Waals surface area contributed by atoms with Gasteiger partial charge in [-0.2, -0.15) is 0 Å². The van der Waals surface area contributed by atoms with E-state index in [2.05, 4.69) is 10.3 Å². The summed E-state index contributed by atoms with van der Waals surface area (Å²) in [5.74, 6) is -1.54. The van der Waals surface area contributed by atoms with E-state index in [4.69, 9.17) is 9.47 Å². The fraction of sp³-hybridized carbons (Fsp3) is 0.429. The van der Waals surface area contributed by atoms with Gasteiger partial charge in [0.25, 0.3) is 0 Å². The van der Waals surface area contributed by atoms with Crippen molar-refractivity contribution in [3.8, 4) is 0 Å². The molecule has 0 spiro atoms. The van der Waals surface area contributed by atoms with Crippen LogP contribution in [-0.4, -0.2) is 42.8 Å². The summed E-state index contributed by atoms with van der Waals surface area (Å²) >= 11 is 1.24. The zero-order chi connectivity index (χ0) is 22.6. The molecule has 0 aromatic carbocycles. The number of hydrogen-bond acceptors (Lipinski definition) is 7. The average molecular weight is 435 g/mol. The van der Waals surface area contributed by atoms with E-state index in [0.29, 0.717) is 28.5 Å². The highest BCUT2D eigenvalue weighted by Crippen LogP contribution is 2.31. The number of Topliss-reactive ketones (excluding diaryl/α,β-unsaturated/α-hetero) is 1. The molecule has 2 rings (SSSR count). The topological polar surface area (TPSA) is 115 Å². The molecule has 0 aliphatic heterocycles. The molecule has 162 valence electrons. The number of esters is 2. The van der Waals surface area contributed by atoms with Crippen LogP contribution in [0, 0.1) is 12.8 Å². The normalized spacial score (nSPS) is 10.8. The Morgan fingerprint density at radius 2 is 1.70 bits per heavy atom. The fourth-order valence-electron chi connectivity index (χ4n) is 3.25. The fourth-order valence-corrected chi connectivity index (χ4v) is 4.23. The molecule has 0 saturated heterocycles. The van der Waals surface area contributed by atoms with Crippen molar-refractivity contribution in [1.82, 2.24) is 4.98 Å². The molecule has 2 N–H and O–H groups in total. The monoisotopic (exact) mass is 434 g/mol. The molecule has 8 nitrogen and oxygen atoms in total. The summed E-state index contributed by atoms with van der Waals surface area (Å²) in [4.78, 5) is 51.9. The van der Waals surface area contributed by atoms with Crippen molar-refractivity contribution in [2.75, 3.05) is 19.5 Å². The van der Waals surface area contributed by atoms with Crippen LogP contribution in [0.1, 0.15) is 68.8 Å². The Morgan fingerprint density at radius 1 is 1.10 bits per heavy atom. The number of H-pyrrole nitrogens is 1. The van der Waals surface area contributed by atoms with Gasteiger partial charge in [0.05, 0.1) is 37.5 Å². The lowest BCUT2D eigenvalue weighted by Crippen LogP contribution is -2.18. The Labute approximate surface area is 179 Å². The number of aromatic amines is 1. The van der Waals surface area contributed by atoms with Crippen molar-refractivity contribution in [3.05, 3.63) is 39.0 Å². The molecule has 0 bridgehead atoms. The number of nitrogens with one attached hydrogen (secondary N) is 2. The Hall–Kier alpha value is -2.94. The van der Waals surface area contributed by atoms with Gasteiger partial charge in [-0.1, -0.05) is 13.8 Å². The van der Waals surface area contributed by atoms with E-state index >= 15 is 0 Å². The van der Waals surface area contributed by atoms with Crippen LogP contribution in [0.25, 0.3) is 0 Å². The molecule has 0 radical (unpaired) electrons. The largest absolute Gasteiger partial charge is 0.465 e. The number of thiophene rings is 1. The highest BCUT2D eigenvalue weighted by atomic mass is 32.1. The first-order valence-electron chi connectivity index (χ1n) is 9.39. The minimum Gasteiger partial charge on any atom is -0.465 e. The van der Waals surface area contributed by atoms with Crippen LogP contribution < -0.4 is 5.32 Å². The first kappa shape index (κ1) is 23.3. The molecule has 0 aliphatic carbocycles. The van der Waals surface area contributed by atoms with Gasteiger partial charge in [0.2, 0.25) is 5.91 Å². The summed E-state index contributed by atoms with van der Waals surface area (Å²) in [7, 11) is 2.52. The number of anilines is 1. The number of aromatic nitrogens is 1. The molecule has 0 aliphatic rings. The van der Waals surface area contributed by atoms with Crippen LogP contribution in [0.5, 0.6) is 0 Å². The minimum absolute atomic E-state index is 0.165. The van der Waals surface area contributed by atoms with Gasteiger partial charge in [0.1, 0.15) is 5.00 Å². The highest BCUT2D eigenvalue weighted by molar-refractivity contribution is 7.15. The van der Waals surface area contributed by atoms with Gasteiger partial charge in [-0.15, -0.1) is 11.3 Å². The Morgan fingerprint density at radius 3 is 2.23 bits per heavy atom. The van der Waals surface area contributed by atoms with Crippen LogP contribution >= 0.6 is 11.3 Å². The standard InChI is InChI=1S/C21H26N2O6S/c1-10(2)7-13-9-30-19(17(13)21(27)29-6)23-15(25)8-14-16(20(26)28-5)11(3)18(22-14)12(4)24/h9-10,22H,7-8H2,1-6H3,(H,23,25). The van der Waals surface area contributed by atoms with Gasteiger partial charge < -0.3 is 19.8 Å². The lowest BCUT2D eigenvalue weighted by molar-refractivity contribution is -0.115. The van der Waals surface area contributed by atoms with Crippen molar-refractivity contribution >= 4 is 40.0 Å². The average Bonchev–Trinajstić information content (AvgIpc) is 3.20. The molecule has 9 heteroatoms. The second-order valence-electron chi connectivity index (χ2n) is 7.31. The zero-order valence-corrected chi connectivity index (χ0v) is 18.7.